The summed E-state index contributed by atoms with van der Waals surface area (Å²) in [5.74, 6) is -0.402. The van der Waals surface area contributed by atoms with E-state index in [-0.39, 0.29) is 18.9 Å². The fourth-order valence-electron chi connectivity index (χ4n) is 2.60. The number of benzene rings is 2. The van der Waals surface area contributed by atoms with Gasteiger partial charge in [0.1, 0.15) is 12.3 Å². The lowest BCUT2D eigenvalue weighted by Crippen LogP contribution is -2.37. The second-order valence-electron chi connectivity index (χ2n) is 5.80. The first-order valence-electron chi connectivity index (χ1n) is 8.25. The molecule has 5 heteroatoms. The van der Waals surface area contributed by atoms with Crippen molar-refractivity contribution in [3.63, 3.8) is 0 Å². The summed E-state index contributed by atoms with van der Waals surface area (Å²) in [6.07, 6.45) is 1.46. The number of aliphatic carboxylic acids is 1. The number of carboxylic acid groups (broad SMARTS) is 1. The van der Waals surface area contributed by atoms with Crippen molar-refractivity contribution in [2.45, 2.75) is 19.3 Å². The van der Waals surface area contributed by atoms with Gasteiger partial charge in [-0.05, 0) is 36.1 Å². The van der Waals surface area contributed by atoms with Gasteiger partial charge >= 0.3 is 5.97 Å². The lowest BCUT2D eigenvalue weighted by molar-refractivity contribution is -0.144. The first-order chi connectivity index (χ1) is 12.1. The normalized spacial score (nSPS) is 10.3. The largest absolute Gasteiger partial charge is 0.497 e. The number of methoxy groups -OCH3 is 1. The van der Waals surface area contributed by atoms with E-state index in [0.717, 1.165) is 16.9 Å². The first-order valence-corrected chi connectivity index (χ1v) is 8.25. The maximum atomic E-state index is 12.5. The van der Waals surface area contributed by atoms with E-state index < -0.39 is 5.97 Å². The van der Waals surface area contributed by atoms with Crippen LogP contribution in [-0.2, 0) is 22.4 Å². The van der Waals surface area contributed by atoms with Gasteiger partial charge < -0.3 is 14.7 Å². The van der Waals surface area contributed by atoms with Gasteiger partial charge in [-0.2, -0.15) is 0 Å². The summed E-state index contributed by atoms with van der Waals surface area (Å²) in [5, 5.41) is 9.07. The highest BCUT2D eigenvalue weighted by molar-refractivity contribution is 5.81. The molecule has 132 valence electrons. The number of ether oxygens (including phenoxy) is 1. The average molecular weight is 341 g/mol. The zero-order chi connectivity index (χ0) is 18.1. The van der Waals surface area contributed by atoms with Crippen LogP contribution in [0, 0.1) is 0 Å². The van der Waals surface area contributed by atoms with Crippen molar-refractivity contribution < 1.29 is 19.4 Å². The molecule has 1 amide bonds. The first kappa shape index (κ1) is 18.5. The van der Waals surface area contributed by atoms with Crippen LogP contribution in [0.4, 0.5) is 0 Å². The molecule has 2 aromatic carbocycles. The van der Waals surface area contributed by atoms with Gasteiger partial charge in [0, 0.05) is 13.0 Å². The lowest BCUT2D eigenvalue weighted by Gasteiger charge is -2.21. The number of carbonyl (C=O) groups is 2. The molecule has 0 aliphatic heterocycles. The number of hydrogen-bond acceptors (Lipinski definition) is 3. The molecule has 0 aliphatic rings. The molecular formula is C20H23NO4. The van der Waals surface area contributed by atoms with Crippen molar-refractivity contribution in [3.05, 3.63) is 65.7 Å². The van der Waals surface area contributed by atoms with E-state index in [9.17, 15) is 9.59 Å². The fourth-order valence-corrected chi connectivity index (χ4v) is 2.60. The van der Waals surface area contributed by atoms with Crippen LogP contribution in [-0.4, -0.2) is 42.1 Å². The lowest BCUT2D eigenvalue weighted by atomic mass is 10.1. The minimum Gasteiger partial charge on any atom is -0.497 e. The van der Waals surface area contributed by atoms with Gasteiger partial charge in [-0.1, -0.05) is 42.5 Å². The van der Waals surface area contributed by atoms with Crippen molar-refractivity contribution in [2.75, 3.05) is 20.2 Å². The number of rotatable bonds is 9. The zero-order valence-electron chi connectivity index (χ0n) is 14.4. The molecule has 0 saturated carbocycles. The molecule has 0 bridgehead atoms. The van der Waals surface area contributed by atoms with Gasteiger partial charge in [-0.25, -0.2) is 0 Å². The maximum Gasteiger partial charge on any atom is 0.323 e. The summed E-state index contributed by atoms with van der Waals surface area (Å²) in [6, 6.07) is 17.3. The molecule has 0 spiro atoms. The van der Waals surface area contributed by atoms with Gasteiger partial charge in [0.2, 0.25) is 5.91 Å². The van der Waals surface area contributed by atoms with Crippen LogP contribution in [0.2, 0.25) is 0 Å². The third-order valence-corrected chi connectivity index (χ3v) is 3.95. The van der Waals surface area contributed by atoms with E-state index in [2.05, 4.69) is 0 Å². The van der Waals surface area contributed by atoms with Crippen LogP contribution in [0.15, 0.2) is 54.6 Å². The number of carboxylic acids is 1. The van der Waals surface area contributed by atoms with E-state index in [4.69, 9.17) is 9.84 Å². The Kier molecular flexibility index (Phi) is 7.01. The van der Waals surface area contributed by atoms with E-state index in [1.54, 1.807) is 7.11 Å². The summed E-state index contributed by atoms with van der Waals surface area (Å²) in [6.45, 7) is 0.122. The van der Waals surface area contributed by atoms with Crippen LogP contribution < -0.4 is 4.74 Å². The third-order valence-electron chi connectivity index (χ3n) is 3.95. The minimum atomic E-state index is -0.997. The van der Waals surface area contributed by atoms with Crippen molar-refractivity contribution >= 4 is 11.9 Å². The quantitative estimate of drug-likeness (QED) is 0.762. The van der Waals surface area contributed by atoms with Crippen LogP contribution >= 0.6 is 0 Å². The summed E-state index contributed by atoms with van der Waals surface area (Å²) in [5.41, 5.74) is 2.07. The molecule has 0 radical (unpaired) electrons. The molecule has 0 saturated heterocycles. The average Bonchev–Trinajstić information content (AvgIpc) is 2.64. The van der Waals surface area contributed by atoms with Gasteiger partial charge in [-0.15, -0.1) is 0 Å². The van der Waals surface area contributed by atoms with E-state index in [0.29, 0.717) is 19.4 Å². The topological polar surface area (TPSA) is 66.8 Å². The Morgan fingerprint density at radius 3 is 2.40 bits per heavy atom. The SMILES string of the molecule is COc1cccc(CCC(=O)N(CCc2ccccc2)CC(=O)O)c1. The van der Waals surface area contributed by atoms with Gasteiger partial charge in [-0.3, -0.25) is 9.59 Å². The van der Waals surface area contributed by atoms with Crippen molar-refractivity contribution in [2.24, 2.45) is 0 Å². The van der Waals surface area contributed by atoms with Crippen LogP contribution in [0.1, 0.15) is 17.5 Å². The van der Waals surface area contributed by atoms with Crippen molar-refractivity contribution in [3.8, 4) is 5.75 Å². The summed E-state index contributed by atoms with van der Waals surface area (Å²) in [7, 11) is 1.60. The Hall–Kier alpha value is -2.82. The standard InChI is InChI=1S/C20H23NO4/c1-25-18-9-5-8-17(14-18)10-11-19(22)21(15-20(23)24)13-12-16-6-3-2-4-7-16/h2-9,14H,10-13,15H2,1H3,(H,23,24). The number of carbonyl (C=O) groups excluding carboxylic acids is 1. The van der Waals surface area contributed by atoms with Gasteiger partial charge in [0.05, 0.1) is 7.11 Å². The van der Waals surface area contributed by atoms with E-state index >= 15 is 0 Å². The van der Waals surface area contributed by atoms with Gasteiger partial charge in [0.15, 0.2) is 0 Å². The highest BCUT2D eigenvalue weighted by Crippen LogP contribution is 2.14. The summed E-state index contributed by atoms with van der Waals surface area (Å²) >= 11 is 0. The molecule has 2 aromatic rings. The monoisotopic (exact) mass is 341 g/mol. The minimum absolute atomic E-state index is 0.152. The molecule has 1 N–H and O–H groups in total. The zero-order valence-corrected chi connectivity index (χ0v) is 14.4. The van der Waals surface area contributed by atoms with Crippen molar-refractivity contribution in [1.82, 2.24) is 4.90 Å². The molecule has 0 aliphatic carbocycles. The molecule has 0 atom stereocenters. The predicted molar refractivity (Wildman–Crippen MR) is 95.7 cm³/mol. The second-order valence-corrected chi connectivity index (χ2v) is 5.80. The molecule has 0 heterocycles. The van der Waals surface area contributed by atoms with Gasteiger partial charge in [0.25, 0.3) is 0 Å². The molecule has 25 heavy (non-hydrogen) atoms. The summed E-state index contributed by atoms with van der Waals surface area (Å²) in [4.78, 5) is 24.9. The fraction of sp³-hybridized carbons (Fsp3) is 0.300. The predicted octanol–water partition coefficient (Wildman–Crippen LogP) is 2.78. The third kappa shape index (κ3) is 6.30. The molecule has 0 fully saturated rings. The highest BCUT2D eigenvalue weighted by atomic mass is 16.5. The number of aryl methyl sites for hydroxylation is 1. The molecule has 0 unspecified atom stereocenters. The second kappa shape index (κ2) is 9.47. The Bertz CT molecular complexity index is 700. The summed E-state index contributed by atoms with van der Waals surface area (Å²) < 4.78 is 5.18. The van der Waals surface area contributed by atoms with E-state index in [1.165, 1.54) is 4.90 Å². The molecule has 0 aromatic heterocycles. The highest BCUT2D eigenvalue weighted by Gasteiger charge is 2.16. The molecular weight excluding hydrogens is 318 g/mol. The Balaban J connectivity index is 1.93. The number of hydrogen-bond donors (Lipinski definition) is 1. The smallest absolute Gasteiger partial charge is 0.323 e. The Morgan fingerprint density at radius 1 is 1.00 bits per heavy atom. The van der Waals surface area contributed by atoms with E-state index in [1.807, 2.05) is 54.6 Å². The van der Waals surface area contributed by atoms with Crippen LogP contribution in [0.3, 0.4) is 0 Å². The Morgan fingerprint density at radius 2 is 1.72 bits per heavy atom. The van der Waals surface area contributed by atoms with Crippen molar-refractivity contribution in [1.29, 1.82) is 0 Å². The van der Waals surface area contributed by atoms with Crippen LogP contribution in [0.5, 0.6) is 5.75 Å². The van der Waals surface area contributed by atoms with Crippen LogP contribution in [0.25, 0.3) is 0 Å². The molecule has 2 rings (SSSR count). The number of amides is 1. The Labute approximate surface area is 147 Å². The molecule has 5 nitrogen and oxygen atoms in total. The number of nitrogens with zero attached hydrogens (tertiary/aromatic N) is 1. The maximum absolute atomic E-state index is 12.5.